The van der Waals surface area contributed by atoms with Crippen molar-refractivity contribution in [3.8, 4) is 0 Å². The first-order chi connectivity index (χ1) is 11.3. The number of nitrogens with two attached hydrogens (primary N) is 1. The quantitative estimate of drug-likeness (QED) is 0.577. The van der Waals surface area contributed by atoms with Crippen molar-refractivity contribution in [1.82, 2.24) is 9.62 Å². The summed E-state index contributed by atoms with van der Waals surface area (Å²) in [5.74, 6) is -0.830. The Hall–Kier alpha value is -1.72. The molecule has 11 heteroatoms. The highest BCUT2D eigenvalue weighted by molar-refractivity contribution is 7.89. The van der Waals surface area contributed by atoms with E-state index in [1.165, 1.54) is 25.3 Å². The minimum Gasteiger partial charge on any atom is -0.383 e. The average Bonchev–Trinajstić information content (AvgIpc) is 2.55. The fourth-order valence-electron chi connectivity index (χ4n) is 2.19. The number of rotatable bonds is 6. The zero-order valence-electron chi connectivity index (χ0n) is 13.6. The highest BCUT2D eigenvalue weighted by atomic mass is 35.5. The first-order valence-corrected chi connectivity index (χ1v) is 8.71. The summed E-state index contributed by atoms with van der Waals surface area (Å²) in [6, 6.07) is 4.94. The summed E-state index contributed by atoms with van der Waals surface area (Å²) in [4.78, 5) is 23.3. The molecular formula is C14H21ClN4O5S. The molecule has 1 atom stereocenters. The molecule has 1 aromatic carbocycles. The molecule has 2 rings (SSSR count). The number of carbonyl (C=O) groups is 2. The molecule has 0 aliphatic carbocycles. The zero-order valence-corrected chi connectivity index (χ0v) is 15.2. The van der Waals surface area contributed by atoms with Crippen molar-refractivity contribution in [2.75, 3.05) is 38.7 Å². The molecule has 0 aromatic heterocycles. The number of piperazine rings is 1. The van der Waals surface area contributed by atoms with Gasteiger partial charge in [0, 0.05) is 25.9 Å². The third-order valence-electron chi connectivity index (χ3n) is 3.43. The number of halogens is 1. The SMILES string of the molecule is COCC(N)C(=O)Nc1cccc(S(=O)(=O)N2CCNC(=O)C2)c1.Cl. The van der Waals surface area contributed by atoms with Crippen LogP contribution in [0, 0.1) is 0 Å². The van der Waals surface area contributed by atoms with Crippen molar-refractivity contribution in [1.29, 1.82) is 0 Å². The van der Waals surface area contributed by atoms with Gasteiger partial charge in [0.25, 0.3) is 0 Å². The van der Waals surface area contributed by atoms with Crippen LogP contribution in [0.5, 0.6) is 0 Å². The van der Waals surface area contributed by atoms with E-state index in [4.69, 9.17) is 10.5 Å². The number of nitrogens with one attached hydrogen (secondary N) is 2. The molecule has 0 bridgehead atoms. The van der Waals surface area contributed by atoms with Crippen LogP contribution < -0.4 is 16.4 Å². The summed E-state index contributed by atoms with van der Waals surface area (Å²) in [7, 11) is -2.39. The lowest BCUT2D eigenvalue weighted by atomic mass is 10.2. The van der Waals surface area contributed by atoms with Crippen molar-refractivity contribution >= 4 is 39.9 Å². The number of hydrogen-bond donors (Lipinski definition) is 3. The third-order valence-corrected chi connectivity index (χ3v) is 5.27. The van der Waals surface area contributed by atoms with Gasteiger partial charge >= 0.3 is 0 Å². The van der Waals surface area contributed by atoms with Gasteiger partial charge in [-0.05, 0) is 18.2 Å². The van der Waals surface area contributed by atoms with Crippen LogP contribution in [0.4, 0.5) is 5.69 Å². The lowest BCUT2D eigenvalue weighted by molar-refractivity contribution is -0.122. The molecular weight excluding hydrogens is 372 g/mol. The highest BCUT2D eigenvalue weighted by Gasteiger charge is 2.29. The molecule has 25 heavy (non-hydrogen) atoms. The number of anilines is 1. The smallest absolute Gasteiger partial charge is 0.243 e. The topological polar surface area (TPSA) is 131 Å². The largest absolute Gasteiger partial charge is 0.383 e. The average molecular weight is 393 g/mol. The van der Waals surface area contributed by atoms with Gasteiger partial charge in [0.1, 0.15) is 6.04 Å². The van der Waals surface area contributed by atoms with Crippen molar-refractivity contribution in [2.45, 2.75) is 10.9 Å². The Bertz CT molecular complexity index is 728. The van der Waals surface area contributed by atoms with Gasteiger partial charge in [-0.1, -0.05) is 6.07 Å². The van der Waals surface area contributed by atoms with Crippen LogP contribution in [0.2, 0.25) is 0 Å². The molecule has 0 radical (unpaired) electrons. The standard InChI is InChI=1S/C14H20N4O5S.ClH/c1-23-9-12(15)14(20)17-10-3-2-4-11(7-10)24(21,22)18-6-5-16-13(19)8-18;/h2-4,7,12H,5-6,8-9,15H2,1H3,(H,16,19)(H,17,20);1H. The first-order valence-electron chi connectivity index (χ1n) is 7.27. The maximum atomic E-state index is 12.6. The van der Waals surface area contributed by atoms with Crippen molar-refractivity contribution < 1.29 is 22.7 Å². The molecule has 1 aromatic rings. The van der Waals surface area contributed by atoms with Crippen LogP contribution in [0.25, 0.3) is 0 Å². The Morgan fingerprint density at radius 3 is 2.84 bits per heavy atom. The normalized spacial score (nSPS) is 16.5. The van der Waals surface area contributed by atoms with E-state index in [9.17, 15) is 18.0 Å². The van der Waals surface area contributed by atoms with Gasteiger partial charge in [0.05, 0.1) is 18.0 Å². The molecule has 1 aliphatic heterocycles. The fourth-order valence-corrected chi connectivity index (χ4v) is 3.64. The van der Waals surface area contributed by atoms with Crippen molar-refractivity contribution in [3.05, 3.63) is 24.3 Å². The van der Waals surface area contributed by atoms with Gasteiger partial charge in [0.15, 0.2) is 0 Å². The van der Waals surface area contributed by atoms with Crippen molar-refractivity contribution in [2.24, 2.45) is 5.73 Å². The monoisotopic (exact) mass is 392 g/mol. The Labute approximate surface area is 152 Å². The Kier molecular flexibility index (Phi) is 7.77. The van der Waals surface area contributed by atoms with Crippen molar-refractivity contribution in [3.63, 3.8) is 0 Å². The van der Waals surface area contributed by atoms with Gasteiger partial charge in [0.2, 0.25) is 21.8 Å². The van der Waals surface area contributed by atoms with Crippen LogP contribution in [0.3, 0.4) is 0 Å². The molecule has 0 saturated carbocycles. The van der Waals surface area contributed by atoms with Crippen LogP contribution in [-0.2, 0) is 24.3 Å². The van der Waals surface area contributed by atoms with Gasteiger partial charge in [-0.25, -0.2) is 8.42 Å². The Morgan fingerprint density at radius 1 is 1.48 bits per heavy atom. The second kappa shape index (κ2) is 9.11. The van der Waals surface area contributed by atoms with E-state index in [1.54, 1.807) is 6.07 Å². The van der Waals surface area contributed by atoms with Crippen LogP contribution in [0.1, 0.15) is 0 Å². The second-order valence-electron chi connectivity index (χ2n) is 5.27. The summed E-state index contributed by atoms with van der Waals surface area (Å²) in [6.07, 6.45) is 0. The van der Waals surface area contributed by atoms with Crippen LogP contribution in [0.15, 0.2) is 29.2 Å². The van der Waals surface area contributed by atoms with E-state index in [0.29, 0.717) is 5.69 Å². The van der Waals surface area contributed by atoms with E-state index >= 15 is 0 Å². The zero-order chi connectivity index (χ0) is 17.7. The number of ether oxygens (including phenoxy) is 1. The number of benzene rings is 1. The molecule has 1 unspecified atom stereocenters. The highest BCUT2D eigenvalue weighted by Crippen LogP contribution is 2.20. The van der Waals surface area contributed by atoms with E-state index in [0.717, 1.165) is 4.31 Å². The van der Waals surface area contributed by atoms with E-state index < -0.39 is 22.0 Å². The predicted octanol–water partition coefficient (Wildman–Crippen LogP) is -0.859. The van der Waals surface area contributed by atoms with E-state index in [2.05, 4.69) is 10.6 Å². The second-order valence-corrected chi connectivity index (χ2v) is 7.21. The molecule has 2 amide bonds. The number of amides is 2. The molecule has 1 heterocycles. The molecule has 1 fully saturated rings. The minimum atomic E-state index is -3.82. The number of nitrogens with zero attached hydrogens (tertiary/aromatic N) is 1. The van der Waals surface area contributed by atoms with Crippen LogP contribution >= 0.6 is 12.4 Å². The van der Waals surface area contributed by atoms with Gasteiger partial charge in [-0.3, -0.25) is 9.59 Å². The van der Waals surface area contributed by atoms with Gasteiger partial charge in [-0.2, -0.15) is 4.31 Å². The van der Waals surface area contributed by atoms with Crippen LogP contribution in [-0.4, -0.2) is 63.9 Å². The summed E-state index contributed by atoms with van der Waals surface area (Å²) in [5, 5.41) is 5.11. The molecule has 9 nitrogen and oxygen atoms in total. The van der Waals surface area contributed by atoms with Gasteiger partial charge < -0.3 is 21.1 Å². The molecule has 0 spiro atoms. The number of hydrogen-bond acceptors (Lipinski definition) is 6. The molecule has 1 aliphatic rings. The summed E-state index contributed by atoms with van der Waals surface area (Å²) >= 11 is 0. The Morgan fingerprint density at radius 2 is 2.20 bits per heavy atom. The van der Waals surface area contributed by atoms with E-state index in [-0.39, 0.29) is 49.5 Å². The molecule has 1 saturated heterocycles. The van der Waals surface area contributed by atoms with Gasteiger partial charge in [-0.15, -0.1) is 12.4 Å². The third kappa shape index (κ3) is 5.38. The molecule has 4 N–H and O–H groups in total. The predicted molar refractivity (Wildman–Crippen MR) is 93.9 cm³/mol. The summed E-state index contributed by atoms with van der Waals surface area (Å²) < 4.78 is 31.1. The minimum absolute atomic E-state index is 0. The van der Waals surface area contributed by atoms with E-state index in [1.807, 2.05) is 0 Å². The summed E-state index contributed by atoms with van der Waals surface area (Å²) in [6.45, 7) is 0.286. The summed E-state index contributed by atoms with van der Waals surface area (Å²) in [5.41, 5.74) is 5.92. The number of methoxy groups -OCH3 is 1. The first kappa shape index (κ1) is 21.3. The molecule has 140 valence electrons. The number of carbonyl (C=O) groups excluding carboxylic acids is 2. The maximum absolute atomic E-state index is 12.6. The lowest BCUT2D eigenvalue weighted by Crippen LogP contribution is -2.49. The Balaban J connectivity index is 0.00000312. The fraction of sp³-hybridized carbons (Fsp3) is 0.429. The maximum Gasteiger partial charge on any atom is 0.243 e. The number of sulfonamides is 1. The lowest BCUT2D eigenvalue weighted by Gasteiger charge is -2.26.